The van der Waals surface area contributed by atoms with E-state index in [4.69, 9.17) is 0 Å². The number of amides is 1. The molecular formula is C17H21FN2O2S2. The van der Waals surface area contributed by atoms with Gasteiger partial charge < -0.3 is 5.32 Å². The zero-order valence-corrected chi connectivity index (χ0v) is 16.0. The third-order valence-corrected chi connectivity index (χ3v) is 6.10. The van der Waals surface area contributed by atoms with E-state index in [0.717, 1.165) is 5.69 Å². The lowest BCUT2D eigenvalue weighted by atomic mass is 9.93. The van der Waals surface area contributed by atoms with Crippen molar-refractivity contribution in [2.24, 2.45) is 0 Å². The van der Waals surface area contributed by atoms with Crippen LogP contribution >= 0.6 is 11.3 Å². The van der Waals surface area contributed by atoms with Crippen LogP contribution in [0.15, 0.2) is 34.5 Å². The van der Waals surface area contributed by atoms with Crippen molar-refractivity contribution in [3.63, 3.8) is 0 Å². The number of carbonyl (C=O) groups excluding carboxylic acids is 1. The van der Waals surface area contributed by atoms with E-state index in [-0.39, 0.29) is 11.3 Å². The Morgan fingerprint density at radius 2 is 1.75 bits per heavy atom. The molecule has 24 heavy (non-hydrogen) atoms. The van der Waals surface area contributed by atoms with Crippen molar-refractivity contribution >= 4 is 33.2 Å². The minimum Gasteiger partial charge on any atom is -0.301 e. The molecule has 0 spiro atoms. The fourth-order valence-corrected chi connectivity index (χ4v) is 3.98. The van der Waals surface area contributed by atoms with Crippen LogP contribution in [-0.4, -0.2) is 19.8 Å². The van der Waals surface area contributed by atoms with Gasteiger partial charge in [0, 0.05) is 15.7 Å². The average Bonchev–Trinajstić information content (AvgIpc) is 2.96. The minimum absolute atomic E-state index is 0.105. The molecule has 0 aliphatic rings. The van der Waals surface area contributed by atoms with Gasteiger partial charge in [-0.3, -0.25) is 9.00 Å². The van der Waals surface area contributed by atoms with E-state index in [2.05, 4.69) is 10.3 Å². The molecule has 1 N–H and O–H groups in total. The average molecular weight is 368 g/mol. The second kappa shape index (κ2) is 6.72. The molecule has 0 radical (unpaired) electrons. The Morgan fingerprint density at radius 1 is 1.17 bits per heavy atom. The van der Waals surface area contributed by atoms with Gasteiger partial charge in [0.2, 0.25) is 5.91 Å². The summed E-state index contributed by atoms with van der Waals surface area (Å²) in [5.74, 6) is -0.796. The molecule has 2 rings (SSSR count). The lowest BCUT2D eigenvalue weighted by Gasteiger charge is -2.22. The van der Waals surface area contributed by atoms with E-state index in [1.54, 1.807) is 13.8 Å². The van der Waals surface area contributed by atoms with E-state index < -0.39 is 21.4 Å². The highest BCUT2D eigenvalue weighted by molar-refractivity contribution is 7.87. The van der Waals surface area contributed by atoms with Crippen molar-refractivity contribution in [3.8, 4) is 0 Å². The minimum atomic E-state index is -1.62. The molecule has 0 fully saturated rings. The maximum absolute atomic E-state index is 13.0. The molecule has 0 saturated heterocycles. The van der Waals surface area contributed by atoms with Crippen molar-refractivity contribution in [2.75, 3.05) is 5.32 Å². The fraction of sp³-hybridized carbons (Fsp3) is 0.412. The van der Waals surface area contributed by atoms with Crippen LogP contribution < -0.4 is 5.32 Å². The van der Waals surface area contributed by atoms with E-state index in [1.807, 2.05) is 26.2 Å². The number of aromatic nitrogens is 1. The molecule has 1 heterocycles. The summed E-state index contributed by atoms with van der Waals surface area (Å²) in [6.45, 7) is 9.32. The molecule has 1 unspecified atom stereocenters. The van der Waals surface area contributed by atoms with Gasteiger partial charge in [0.25, 0.3) is 0 Å². The Balaban J connectivity index is 2.16. The third-order valence-electron chi connectivity index (χ3n) is 3.53. The van der Waals surface area contributed by atoms with Crippen molar-refractivity contribution in [3.05, 3.63) is 41.2 Å². The Hall–Kier alpha value is -1.60. The van der Waals surface area contributed by atoms with Crippen LogP contribution in [0.5, 0.6) is 0 Å². The van der Waals surface area contributed by atoms with Crippen LogP contribution in [0.25, 0.3) is 0 Å². The molecule has 4 nitrogen and oxygen atoms in total. The third kappa shape index (κ3) is 4.08. The first-order valence-electron chi connectivity index (χ1n) is 7.47. The summed E-state index contributed by atoms with van der Waals surface area (Å²) in [6, 6.07) is 5.33. The van der Waals surface area contributed by atoms with Crippen molar-refractivity contribution in [2.45, 2.75) is 49.7 Å². The number of nitrogens with zero attached hydrogens (tertiary/aromatic N) is 1. The van der Waals surface area contributed by atoms with Gasteiger partial charge in [0.1, 0.15) is 10.6 Å². The Morgan fingerprint density at radius 3 is 2.25 bits per heavy atom. The van der Waals surface area contributed by atoms with Crippen molar-refractivity contribution in [1.29, 1.82) is 0 Å². The number of hydrogen-bond donors (Lipinski definition) is 1. The monoisotopic (exact) mass is 368 g/mol. The van der Waals surface area contributed by atoms with Gasteiger partial charge in [-0.2, -0.15) is 0 Å². The van der Waals surface area contributed by atoms with Gasteiger partial charge >= 0.3 is 0 Å². The summed E-state index contributed by atoms with van der Waals surface area (Å²) < 4.78 is 24.5. The number of nitrogens with one attached hydrogen (secondary N) is 1. The smallest absolute Gasteiger partial charge is 0.244 e. The van der Waals surface area contributed by atoms with Gasteiger partial charge in [-0.1, -0.05) is 20.8 Å². The zero-order valence-electron chi connectivity index (χ0n) is 14.3. The number of benzene rings is 1. The number of carbonyl (C=O) groups is 1. The van der Waals surface area contributed by atoms with Gasteiger partial charge in [-0.15, -0.1) is 11.3 Å². The Bertz CT molecular complexity index is 762. The molecular weight excluding hydrogens is 347 g/mol. The molecule has 0 aliphatic heterocycles. The fourth-order valence-electron chi connectivity index (χ4n) is 1.86. The van der Waals surface area contributed by atoms with Crippen LogP contribution in [0.4, 0.5) is 9.52 Å². The summed E-state index contributed by atoms with van der Waals surface area (Å²) in [5, 5.41) is 5.12. The van der Waals surface area contributed by atoms with Gasteiger partial charge in [0.05, 0.1) is 16.5 Å². The summed E-state index contributed by atoms with van der Waals surface area (Å²) in [6.07, 6.45) is 0. The molecule has 1 amide bonds. The highest BCUT2D eigenvalue weighted by atomic mass is 32.2. The second-order valence-electron chi connectivity index (χ2n) is 6.97. The standard InChI is InChI=1S/C17H21FN2O2S2/c1-16(2,3)13-10-23-15(19-13)20-14(21)17(4,5)24(22)12-8-6-11(18)7-9-12/h6-10H,1-5H3,(H,19,20,21). The van der Waals surface area contributed by atoms with Crippen LogP contribution in [0.3, 0.4) is 0 Å². The lowest BCUT2D eigenvalue weighted by molar-refractivity contribution is -0.117. The van der Waals surface area contributed by atoms with E-state index >= 15 is 0 Å². The number of halogens is 1. The molecule has 2 aromatic rings. The van der Waals surface area contributed by atoms with Crippen LogP contribution in [0.2, 0.25) is 0 Å². The van der Waals surface area contributed by atoms with E-state index in [0.29, 0.717) is 10.0 Å². The summed E-state index contributed by atoms with van der Waals surface area (Å²) >= 11 is 1.34. The molecule has 1 aromatic carbocycles. The normalized spacial score (nSPS) is 13.6. The molecule has 1 atom stereocenters. The van der Waals surface area contributed by atoms with E-state index in [1.165, 1.54) is 35.6 Å². The maximum Gasteiger partial charge on any atom is 0.244 e. The van der Waals surface area contributed by atoms with E-state index in [9.17, 15) is 13.4 Å². The van der Waals surface area contributed by atoms with Crippen LogP contribution in [-0.2, 0) is 21.0 Å². The van der Waals surface area contributed by atoms with Gasteiger partial charge in [0.15, 0.2) is 5.13 Å². The highest BCUT2D eigenvalue weighted by Gasteiger charge is 2.36. The maximum atomic E-state index is 13.0. The van der Waals surface area contributed by atoms with Gasteiger partial charge in [-0.05, 0) is 38.1 Å². The van der Waals surface area contributed by atoms with Crippen molar-refractivity contribution in [1.82, 2.24) is 4.98 Å². The summed E-state index contributed by atoms with van der Waals surface area (Å²) in [5.41, 5.74) is 0.784. The zero-order chi connectivity index (χ0) is 18.1. The number of hydrogen-bond acceptors (Lipinski definition) is 4. The Kier molecular flexibility index (Phi) is 5.25. The predicted octanol–water partition coefficient (Wildman–Crippen LogP) is 4.10. The number of anilines is 1. The van der Waals surface area contributed by atoms with Crippen molar-refractivity contribution < 1.29 is 13.4 Å². The first kappa shape index (κ1) is 18.7. The van der Waals surface area contributed by atoms with Gasteiger partial charge in [-0.25, -0.2) is 9.37 Å². The first-order valence-corrected chi connectivity index (χ1v) is 9.49. The lowest BCUT2D eigenvalue weighted by Crippen LogP contribution is -2.41. The second-order valence-corrected chi connectivity index (χ2v) is 9.86. The molecule has 0 saturated carbocycles. The topological polar surface area (TPSA) is 59.1 Å². The molecule has 1 aromatic heterocycles. The summed E-state index contributed by atoms with van der Waals surface area (Å²) in [4.78, 5) is 17.4. The highest BCUT2D eigenvalue weighted by Crippen LogP contribution is 2.28. The molecule has 0 aliphatic carbocycles. The number of thiazole rings is 1. The Labute approximate surface area is 148 Å². The molecule has 0 bridgehead atoms. The first-order chi connectivity index (χ1) is 11.0. The SMILES string of the molecule is CC(C)(C)c1csc(NC(=O)C(C)(C)S(=O)c2ccc(F)cc2)n1. The number of rotatable bonds is 4. The summed E-state index contributed by atoms with van der Waals surface area (Å²) in [7, 11) is -1.62. The molecule has 7 heteroatoms. The predicted molar refractivity (Wildman–Crippen MR) is 96.3 cm³/mol. The molecule has 130 valence electrons. The van der Waals surface area contributed by atoms with Crippen LogP contribution in [0.1, 0.15) is 40.3 Å². The quantitative estimate of drug-likeness (QED) is 0.884. The van der Waals surface area contributed by atoms with Crippen LogP contribution in [0, 0.1) is 5.82 Å². The largest absolute Gasteiger partial charge is 0.301 e.